The Morgan fingerprint density at radius 1 is 1.04 bits per heavy atom. The minimum absolute atomic E-state index is 0.198. The fourth-order valence-corrected chi connectivity index (χ4v) is 4.09. The first-order chi connectivity index (χ1) is 12.3. The maximum Gasteiger partial charge on any atom is 0.0610 e. The molecule has 1 aromatic rings. The molecule has 0 aromatic carbocycles. The molecule has 1 aliphatic carbocycles. The molecule has 0 unspecified atom stereocenters. The smallest absolute Gasteiger partial charge is 0.0610 e. The summed E-state index contributed by atoms with van der Waals surface area (Å²) in [7, 11) is 0. The molecule has 0 atom stereocenters. The molecule has 2 heterocycles. The molecule has 1 N–H and O–H groups in total. The van der Waals surface area contributed by atoms with Crippen molar-refractivity contribution in [2.75, 3.05) is 19.6 Å². The van der Waals surface area contributed by atoms with Crippen molar-refractivity contribution in [1.29, 1.82) is 0 Å². The zero-order chi connectivity index (χ0) is 17.4. The summed E-state index contributed by atoms with van der Waals surface area (Å²) in [5.74, 6) is 0. The van der Waals surface area contributed by atoms with Crippen LogP contribution in [0.2, 0.25) is 0 Å². The summed E-state index contributed by atoms with van der Waals surface area (Å²) < 4.78 is 0. The van der Waals surface area contributed by atoms with E-state index >= 15 is 0 Å². The van der Waals surface area contributed by atoms with Gasteiger partial charge in [-0.3, -0.25) is 9.88 Å². The molecule has 25 heavy (non-hydrogen) atoms. The first kappa shape index (κ1) is 18.8. The fourth-order valence-electron chi connectivity index (χ4n) is 4.09. The highest BCUT2D eigenvalue weighted by molar-refractivity contribution is 5.27. The summed E-state index contributed by atoms with van der Waals surface area (Å²) in [6.45, 7) is 7.06. The van der Waals surface area contributed by atoms with Gasteiger partial charge < -0.3 is 5.32 Å². The molecule has 140 valence electrons. The van der Waals surface area contributed by atoms with Gasteiger partial charge in [0.1, 0.15) is 0 Å². The largest absolute Gasteiger partial charge is 0.306 e. The molecule has 1 aliphatic heterocycles. The van der Waals surface area contributed by atoms with Gasteiger partial charge in [0.25, 0.3) is 0 Å². The van der Waals surface area contributed by atoms with Gasteiger partial charge in [-0.25, -0.2) is 0 Å². The number of hydrogen-bond donors (Lipinski definition) is 1. The number of hydrogen-bond acceptors (Lipinski definition) is 3. The van der Waals surface area contributed by atoms with E-state index in [0.29, 0.717) is 0 Å². The molecule has 3 nitrogen and oxygen atoms in total. The average molecular weight is 344 g/mol. The van der Waals surface area contributed by atoms with E-state index in [1.54, 1.807) is 0 Å². The van der Waals surface area contributed by atoms with Gasteiger partial charge in [0.2, 0.25) is 0 Å². The van der Waals surface area contributed by atoms with Crippen LogP contribution < -0.4 is 5.32 Å². The first-order valence-electron chi connectivity index (χ1n) is 10.8. The van der Waals surface area contributed by atoms with Gasteiger partial charge in [-0.2, -0.15) is 0 Å². The van der Waals surface area contributed by atoms with Crippen molar-refractivity contribution in [2.45, 2.75) is 89.6 Å². The SMILES string of the molecule is CCCCCCCCCNC1(c2cc(CN3CCCC3)ccn2)CC1. The van der Waals surface area contributed by atoms with Crippen molar-refractivity contribution in [3.8, 4) is 0 Å². The van der Waals surface area contributed by atoms with E-state index in [0.717, 1.165) is 13.1 Å². The Morgan fingerprint density at radius 3 is 2.48 bits per heavy atom. The number of nitrogens with zero attached hydrogens (tertiary/aromatic N) is 2. The van der Waals surface area contributed by atoms with Crippen LogP contribution in [-0.2, 0) is 12.1 Å². The lowest BCUT2D eigenvalue weighted by Crippen LogP contribution is -2.31. The second-order valence-electron chi connectivity index (χ2n) is 8.16. The normalized spacial score (nSPS) is 19.4. The van der Waals surface area contributed by atoms with Crippen LogP contribution in [0.4, 0.5) is 0 Å². The third kappa shape index (κ3) is 5.79. The van der Waals surface area contributed by atoms with Gasteiger partial charge in [-0.05, 0) is 69.4 Å². The third-order valence-corrected chi connectivity index (χ3v) is 5.91. The van der Waals surface area contributed by atoms with Crippen LogP contribution in [0.25, 0.3) is 0 Å². The molecule has 1 aromatic heterocycles. The van der Waals surface area contributed by atoms with Crippen molar-refractivity contribution in [3.05, 3.63) is 29.6 Å². The Labute approximate surface area is 154 Å². The second-order valence-corrected chi connectivity index (χ2v) is 8.16. The minimum Gasteiger partial charge on any atom is -0.306 e. The summed E-state index contributed by atoms with van der Waals surface area (Å²) in [5, 5.41) is 3.83. The highest BCUT2D eigenvalue weighted by atomic mass is 15.1. The topological polar surface area (TPSA) is 28.2 Å². The number of likely N-dealkylation sites (tertiary alicyclic amines) is 1. The standard InChI is InChI=1S/C22H37N3/c1-2-3-4-5-6-7-8-14-24-22(12-13-22)21-18-20(11-15-23-21)19-25-16-9-10-17-25/h11,15,18,24H,2-10,12-14,16-17,19H2,1H3. The Hall–Kier alpha value is -0.930. The van der Waals surface area contributed by atoms with Crippen molar-refractivity contribution < 1.29 is 0 Å². The fraction of sp³-hybridized carbons (Fsp3) is 0.773. The van der Waals surface area contributed by atoms with E-state index in [1.807, 2.05) is 6.20 Å². The highest BCUT2D eigenvalue weighted by Gasteiger charge is 2.45. The highest BCUT2D eigenvalue weighted by Crippen LogP contribution is 2.44. The van der Waals surface area contributed by atoms with E-state index in [9.17, 15) is 0 Å². The number of pyridine rings is 1. The first-order valence-corrected chi connectivity index (χ1v) is 10.8. The Morgan fingerprint density at radius 2 is 1.76 bits per heavy atom. The van der Waals surface area contributed by atoms with Gasteiger partial charge in [0, 0.05) is 12.7 Å². The summed E-state index contributed by atoms with van der Waals surface area (Å²) in [4.78, 5) is 7.29. The zero-order valence-electron chi connectivity index (χ0n) is 16.2. The monoisotopic (exact) mass is 343 g/mol. The van der Waals surface area contributed by atoms with Crippen LogP contribution in [0, 0.1) is 0 Å². The molecular weight excluding hydrogens is 306 g/mol. The molecule has 3 heteroatoms. The maximum absolute atomic E-state index is 4.72. The molecule has 0 spiro atoms. The van der Waals surface area contributed by atoms with Crippen LogP contribution in [0.3, 0.4) is 0 Å². The predicted molar refractivity (Wildman–Crippen MR) is 106 cm³/mol. The van der Waals surface area contributed by atoms with Gasteiger partial charge >= 0.3 is 0 Å². The van der Waals surface area contributed by atoms with E-state index in [1.165, 1.54) is 95.0 Å². The van der Waals surface area contributed by atoms with Gasteiger partial charge in [-0.1, -0.05) is 45.4 Å². The summed E-state index contributed by atoms with van der Waals surface area (Å²) in [5.41, 5.74) is 2.92. The van der Waals surface area contributed by atoms with Gasteiger partial charge in [-0.15, -0.1) is 0 Å². The average Bonchev–Trinajstić information content (AvgIpc) is 3.25. The van der Waals surface area contributed by atoms with Crippen LogP contribution in [-0.4, -0.2) is 29.5 Å². The molecular formula is C22H37N3. The number of nitrogens with one attached hydrogen (secondary N) is 1. The van der Waals surface area contributed by atoms with Crippen molar-refractivity contribution >= 4 is 0 Å². The number of unbranched alkanes of at least 4 members (excludes halogenated alkanes) is 6. The Kier molecular flexibility index (Phi) is 7.30. The lowest BCUT2D eigenvalue weighted by atomic mass is 10.1. The molecule has 1 saturated carbocycles. The second kappa shape index (κ2) is 9.68. The lowest BCUT2D eigenvalue weighted by Gasteiger charge is -2.19. The minimum atomic E-state index is 0.198. The van der Waals surface area contributed by atoms with E-state index < -0.39 is 0 Å². The molecule has 2 aliphatic rings. The lowest BCUT2D eigenvalue weighted by molar-refractivity contribution is 0.331. The van der Waals surface area contributed by atoms with E-state index in [4.69, 9.17) is 4.98 Å². The number of aromatic nitrogens is 1. The quantitative estimate of drug-likeness (QED) is 0.541. The summed E-state index contributed by atoms with van der Waals surface area (Å²) in [6, 6.07) is 4.57. The van der Waals surface area contributed by atoms with Gasteiger partial charge in [0.15, 0.2) is 0 Å². The molecule has 0 radical (unpaired) electrons. The van der Waals surface area contributed by atoms with Crippen molar-refractivity contribution in [1.82, 2.24) is 15.2 Å². The Bertz CT molecular complexity index is 504. The summed E-state index contributed by atoms with van der Waals surface area (Å²) >= 11 is 0. The zero-order valence-corrected chi connectivity index (χ0v) is 16.2. The third-order valence-electron chi connectivity index (χ3n) is 5.91. The predicted octanol–water partition coefficient (Wildman–Crippen LogP) is 5.01. The van der Waals surface area contributed by atoms with Crippen molar-refractivity contribution in [3.63, 3.8) is 0 Å². The molecule has 0 bridgehead atoms. The maximum atomic E-state index is 4.72. The molecule has 2 fully saturated rings. The van der Waals surface area contributed by atoms with Crippen LogP contribution in [0.15, 0.2) is 18.3 Å². The van der Waals surface area contributed by atoms with Crippen LogP contribution in [0.1, 0.15) is 88.8 Å². The van der Waals surface area contributed by atoms with Gasteiger partial charge in [0.05, 0.1) is 11.2 Å². The molecule has 1 saturated heterocycles. The summed E-state index contributed by atoms with van der Waals surface area (Å²) in [6.07, 6.45) is 16.9. The Balaban J connectivity index is 1.40. The molecule has 0 amide bonds. The van der Waals surface area contributed by atoms with Crippen LogP contribution in [0.5, 0.6) is 0 Å². The van der Waals surface area contributed by atoms with Crippen molar-refractivity contribution in [2.24, 2.45) is 0 Å². The van der Waals surface area contributed by atoms with E-state index in [-0.39, 0.29) is 5.54 Å². The van der Waals surface area contributed by atoms with Crippen LogP contribution >= 0.6 is 0 Å². The van der Waals surface area contributed by atoms with E-state index in [2.05, 4.69) is 29.3 Å². The number of rotatable bonds is 12. The molecule has 3 rings (SSSR count).